The maximum Gasteiger partial charge on any atom is 0.246 e. The molecule has 1 aliphatic heterocycles. The van der Waals surface area contributed by atoms with Crippen LogP contribution in [0.1, 0.15) is 57.8 Å². The number of benzene rings is 2. The average Bonchev–Trinajstić information content (AvgIpc) is 3.46. The quantitative estimate of drug-likeness (QED) is 0.336. The fourth-order valence-corrected chi connectivity index (χ4v) is 5.21. The Kier molecular flexibility index (Phi) is 8.11. The molecule has 220 valence electrons. The number of nitrogens with two attached hydrogens (primary N) is 1. The van der Waals surface area contributed by atoms with Gasteiger partial charge >= 0.3 is 0 Å². The first-order chi connectivity index (χ1) is 20.0. The number of carbonyl (C=O) groups is 2. The van der Waals surface area contributed by atoms with Gasteiger partial charge in [-0.25, -0.2) is 14.6 Å². The number of carbonyl (C=O) groups excluding carboxylic acids is 2. The highest BCUT2D eigenvalue weighted by atomic mass is 16.5. The summed E-state index contributed by atoms with van der Waals surface area (Å²) in [5.41, 5.74) is 9.33. The first-order valence-electron chi connectivity index (χ1n) is 14.1. The molecule has 0 saturated carbocycles. The van der Waals surface area contributed by atoms with Gasteiger partial charge in [0.15, 0.2) is 17.5 Å². The SMILES string of the molecule is COc1cc2c(-c3ccc(C(C(N)=O)n4cc(C(C)(C)C)nn4)cc3)ncnc2cc1OCC1CCN(C(C)=O)CC1. The van der Waals surface area contributed by atoms with E-state index in [1.165, 1.54) is 11.0 Å². The maximum atomic E-state index is 12.5. The van der Waals surface area contributed by atoms with Crippen LogP contribution in [0.25, 0.3) is 22.2 Å². The molecule has 4 aromatic rings. The lowest BCUT2D eigenvalue weighted by Gasteiger charge is -2.31. The monoisotopic (exact) mass is 571 g/mol. The number of ether oxygens (including phenoxy) is 2. The normalized spacial score (nSPS) is 15.0. The third-order valence-corrected chi connectivity index (χ3v) is 7.77. The number of rotatable bonds is 8. The predicted octanol–water partition coefficient (Wildman–Crippen LogP) is 3.91. The van der Waals surface area contributed by atoms with Gasteiger partial charge in [-0.15, -0.1) is 5.10 Å². The van der Waals surface area contributed by atoms with Crippen molar-refractivity contribution in [1.29, 1.82) is 0 Å². The molecule has 1 fully saturated rings. The molecule has 11 heteroatoms. The Morgan fingerprint density at radius 3 is 2.38 bits per heavy atom. The zero-order valence-electron chi connectivity index (χ0n) is 24.7. The molecule has 42 heavy (non-hydrogen) atoms. The second-order valence-electron chi connectivity index (χ2n) is 11.8. The number of piperidine rings is 1. The smallest absolute Gasteiger partial charge is 0.246 e. The summed E-state index contributed by atoms with van der Waals surface area (Å²) in [5.74, 6) is 1.16. The summed E-state index contributed by atoms with van der Waals surface area (Å²) in [6.45, 7) is 9.76. The molecule has 11 nitrogen and oxygen atoms in total. The minimum atomic E-state index is -0.792. The van der Waals surface area contributed by atoms with E-state index in [0.29, 0.717) is 29.6 Å². The van der Waals surface area contributed by atoms with Gasteiger partial charge in [0, 0.05) is 42.4 Å². The van der Waals surface area contributed by atoms with Crippen molar-refractivity contribution in [1.82, 2.24) is 29.9 Å². The molecule has 1 unspecified atom stereocenters. The highest BCUT2D eigenvalue weighted by Gasteiger charge is 2.26. The summed E-state index contributed by atoms with van der Waals surface area (Å²) < 4.78 is 13.4. The summed E-state index contributed by atoms with van der Waals surface area (Å²) >= 11 is 0. The molecule has 2 amide bonds. The lowest BCUT2D eigenvalue weighted by molar-refractivity contribution is -0.130. The van der Waals surface area contributed by atoms with Gasteiger partial charge in [-0.2, -0.15) is 0 Å². The molecule has 2 aromatic carbocycles. The second-order valence-corrected chi connectivity index (χ2v) is 11.8. The number of nitrogens with zero attached hydrogens (tertiary/aromatic N) is 6. The number of primary amides is 1. The van der Waals surface area contributed by atoms with E-state index in [2.05, 4.69) is 20.3 Å². The van der Waals surface area contributed by atoms with E-state index < -0.39 is 11.9 Å². The summed E-state index contributed by atoms with van der Waals surface area (Å²) in [6.07, 6.45) is 5.10. The van der Waals surface area contributed by atoms with E-state index in [9.17, 15) is 9.59 Å². The summed E-state index contributed by atoms with van der Waals surface area (Å²) in [7, 11) is 1.61. The minimum Gasteiger partial charge on any atom is -0.493 e. The standard InChI is InChI=1S/C31H37N7O4/c1-19(39)37-12-10-20(11-13-37)17-42-26-15-24-23(14-25(26)41-5)28(34-18-33-24)21-6-8-22(9-7-21)29(30(32)40)38-16-27(35-36-38)31(2,3)4/h6-9,14-16,18,20,29H,10-13,17H2,1-5H3,(H2,32,40). The van der Waals surface area contributed by atoms with Gasteiger partial charge in [0.05, 0.1) is 36.8 Å². The van der Waals surface area contributed by atoms with Gasteiger partial charge in [0.25, 0.3) is 0 Å². The molecule has 5 rings (SSSR count). The number of amides is 2. The molecular weight excluding hydrogens is 534 g/mol. The fourth-order valence-electron chi connectivity index (χ4n) is 5.21. The van der Waals surface area contributed by atoms with Crippen LogP contribution in [0.4, 0.5) is 0 Å². The molecular formula is C31H37N7O4. The first kappa shape index (κ1) is 29.0. The van der Waals surface area contributed by atoms with E-state index >= 15 is 0 Å². The molecule has 0 bridgehead atoms. The number of methoxy groups -OCH3 is 1. The van der Waals surface area contributed by atoms with Crippen molar-refractivity contribution in [2.45, 2.75) is 52.0 Å². The fraction of sp³-hybridized carbons (Fsp3) is 0.419. The van der Waals surface area contributed by atoms with Crippen molar-refractivity contribution >= 4 is 22.7 Å². The molecule has 1 saturated heterocycles. The number of fused-ring (bicyclic) bond motifs is 1. The van der Waals surface area contributed by atoms with Crippen LogP contribution in [0.15, 0.2) is 48.9 Å². The Bertz CT molecular complexity index is 1590. The average molecular weight is 572 g/mol. The van der Waals surface area contributed by atoms with E-state index in [4.69, 9.17) is 15.2 Å². The van der Waals surface area contributed by atoms with Crippen LogP contribution in [0.5, 0.6) is 11.5 Å². The Morgan fingerprint density at radius 1 is 1.07 bits per heavy atom. The number of aromatic nitrogens is 5. The molecule has 1 aliphatic rings. The summed E-state index contributed by atoms with van der Waals surface area (Å²) in [6, 6.07) is 10.5. The number of hydrogen-bond donors (Lipinski definition) is 1. The van der Waals surface area contributed by atoms with Gasteiger partial charge in [-0.1, -0.05) is 50.3 Å². The second kappa shape index (κ2) is 11.8. The highest BCUT2D eigenvalue weighted by molar-refractivity contribution is 5.94. The van der Waals surface area contributed by atoms with Crippen LogP contribution < -0.4 is 15.2 Å². The van der Waals surface area contributed by atoms with Gasteiger partial charge in [0.2, 0.25) is 11.8 Å². The minimum absolute atomic E-state index is 0.119. The molecule has 0 radical (unpaired) electrons. The first-order valence-corrected chi connectivity index (χ1v) is 14.1. The number of hydrogen-bond acceptors (Lipinski definition) is 8. The van der Waals surface area contributed by atoms with E-state index in [1.54, 1.807) is 20.2 Å². The number of likely N-dealkylation sites (tertiary alicyclic amines) is 1. The maximum absolute atomic E-state index is 12.5. The van der Waals surface area contributed by atoms with E-state index in [1.807, 2.05) is 62.1 Å². The third-order valence-electron chi connectivity index (χ3n) is 7.77. The molecule has 0 aliphatic carbocycles. The molecule has 2 aromatic heterocycles. The Labute approximate surface area is 245 Å². The highest BCUT2D eigenvalue weighted by Crippen LogP contribution is 2.36. The van der Waals surface area contributed by atoms with Gasteiger partial charge in [0.1, 0.15) is 6.33 Å². The molecule has 1 atom stereocenters. The van der Waals surface area contributed by atoms with Crippen LogP contribution in [-0.4, -0.2) is 68.5 Å². The van der Waals surface area contributed by atoms with Crippen molar-refractivity contribution in [2.75, 3.05) is 26.8 Å². The van der Waals surface area contributed by atoms with Crippen LogP contribution in [0.2, 0.25) is 0 Å². The van der Waals surface area contributed by atoms with Crippen LogP contribution in [0.3, 0.4) is 0 Å². The van der Waals surface area contributed by atoms with E-state index in [-0.39, 0.29) is 11.3 Å². The Balaban J connectivity index is 1.38. The van der Waals surface area contributed by atoms with Gasteiger partial charge in [-0.3, -0.25) is 9.59 Å². The molecule has 3 heterocycles. The zero-order valence-corrected chi connectivity index (χ0v) is 24.7. The largest absolute Gasteiger partial charge is 0.493 e. The Morgan fingerprint density at radius 2 is 1.79 bits per heavy atom. The van der Waals surface area contributed by atoms with E-state index in [0.717, 1.165) is 53.8 Å². The summed E-state index contributed by atoms with van der Waals surface area (Å²) in [5, 5.41) is 9.24. The molecule has 2 N–H and O–H groups in total. The third kappa shape index (κ3) is 6.05. The zero-order chi connectivity index (χ0) is 30.0. The van der Waals surface area contributed by atoms with Crippen molar-refractivity contribution in [2.24, 2.45) is 11.7 Å². The predicted molar refractivity (Wildman–Crippen MR) is 158 cm³/mol. The molecule has 0 spiro atoms. The van der Waals surface area contributed by atoms with Crippen LogP contribution >= 0.6 is 0 Å². The van der Waals surface area contributed by atoms with Crippen LogP contribution in [0, 0.1) is 5.92 Å². The van der Waals surface area contributed by atoms with Crippen molar-refractivity contribution < 1.29 is 19.1 Å². The summed E-state index contributed by atoms with van der Waals surface area (Å²) in [4.78, 5) is 35.0. The van der Waals surface area contributed by atoms with Crippen molar-refractivity contribution in [3.8, 4) is 22.8 Å². The lowest BCUT2D eigenvalue weighted by atomic mass is 9.93. The topological polar surface area (TPSA) is 138 Å². The Hall–Kier alpha value is -4.54. The van der Waals surface area contributed by atoms with Gasteiger partial charge < -0.3 is 20.1 Å². The van der Waals surface area contributed by atoms with Crippen molar-refractivity contribution in [3.05, 3.63) is 60.2 Å². The van der Waals surface area contributed by atoms with Gasteiger partial charge in [-0.05, 0) is 30.4 Å². The van der Waals surface area contributed by atoms with Crippen LogP contribution in [-0.2, 0) is 15.0 Å². The van der Waals surface area contributed by atoms with Crippen molar-refractivity contribution in [3.63, 3.8) is 0 Å². The lowest BCUT2D eigenvalue weighted by Crippen LogP contribution is -2.38.